The van der Waals surface area contributed by atoms with Crippen LogP contribution in [0.2, 0.25) is 5.02 Å². The highest BCUT2D eigenvalue weighted by Gasteiger charge is 2.17. The summed E-state index contributed by atoms with van der Waals surface area (Å²) in [4.78, 5) is 29.6. The van der Waals surface area contributed by atoms with Crippen LogP contribution < -0.4 is 15.5 Å². The maximum atomic E-state index is 12.8. The first-order chi connectivity index (χ1) is 15.8. The van der Waals surface area contributed by atoms with Crippen LogP contribution in [0.4, 0.5) is 5.69 Å². The van der Waals surface area contributed by atoms with Crippen LogP contribution in [0.3, 0.4) is 0 Å². The number of rotatable bonds is 6. The number of benzene rings is 2. The standard InChI is InChI=1S/C23H19ClN4O4S/c1-28-14-19(22(29)18-5-2-6-20(24)21(18)28)23(30)27-16-7-9-17(10-8-16)33(31,32)26-13-15-4-3-11-25-12-15/h2-12,14,26H,13H2,1H3,(H,27,30). The molecular weight excluding hydrogens is 464 g/mol. The Hall–Kier alpha value is -3.53. The molecule has 0 atom stereocenters. The van der Waals surface area contributed by atoms with Gasteiger partial charge < -0.3 is 9.88 Å². The lowest BCUT2D eigenvalue weighted by Crippen LogP contribution is -2.24. The molecule has 0 aliphatic rings. The predicted octanol–water partition coefficient (Wildman–Crippen LogP) is 3.32. The van der Waals surface area contributed by atoms with Crippen LogP contribution in [-0.4, -0.2) is 23.9 Å². The molecule has 2 aromatic carbocycles. The number of amides is 1. The van der Waals surface area contributed by atoms with Crippen molar-refractivity contribution in [3.63, 3.8) is 0 Å². The molecule has 4 aromatic rings. The second-order valence-corrected chi connectivity index (χ2v) is 9.46. The van der Waals surface area contributed by atoms with E-state index in [2.05, 4.69) is 15.0 Å². The van der Waals surface area contributed by atoms with Gasteiger partial charge >= 0.3 is 0 Å². The number of anilines is 1. The van der Waals surface area contributed by atoms with Crippen molar-refractivity contribution in [1.82, 2.24) is 14.3 Å². The smallest absolute Gasteiger partial charge is 0.261 e. The monoisotopic (exact) mass is 482 g/mol. The van der Waals surface area contributed by atoms with Gasteiger partial charge in [0, 0.05) is 43.3 Å². The number of nitrogens with zero attached hydrogens (tertiary/aromatic N) is 2. The molecule has 0 bridgehead atoms. The van der Waals surface area contributed by atoms with Gasteiger partial charge in [-0.3, -0.25) is 14.6 Å². The van der Waals surface area contributed by atoms with Crippen LogP contribution in [-0.2, 0) is 23.6 Å². The third-order valence-corrected chi connectivity index (χ3v) is 6.73. The lowest BCUT2D eigenvalue weighted by molar-refractivity contribution is 0.102. The third kappa shape index (κ3) is 4.80. The van der Waals surface area contributed by atoms with Crippen LogP contribution in [0, 0.1) is 0 Å². The van der Waals surface area contributed by atoms with E-state index >= 15 is 0 Å². The molecule has 2 aromatic heterocycles. The van der Waals surface area contributed by atoms with Gasteiger partial charge in [0.2, 0.25) is 15.5 Å². The van der Waals surface area contributed by atoms with Crippen molar-refractivity contribution in [3.8, 4) is 0 Å². The molecular formula is C23H19ClN4O4S. The summed E-state index contributed by atoms with van der Waals surface area (Å²) in [7, 11) is -2.06. The summed E-state index contributed by atoms with van der Waals surface area (Å²) < 4.78 is 29.2. The zero-order valence-corrected chi connectivity index (χ0v) is 19.0. The van der Waals surface area contributed by atoms with Gasteiger partial charge in [0.15, 0.2) is 0 Å². The lowest BCUT2D eigenvalue weighted by atomic mass is 10.1. The maximum absolute atomic E-state index is 12.8. The Morgan fingerprint density at radius 2 is 1.85 bits per heavy atom. The number of aryl methyl sites for hydroxylation is 1. The second kappa shape index (κ2) is 9.14. The number of hydrogen-bond acceptors (Lipinski definition) is 5. The number of sulfonamides is 1. The minimum absolute atomic E-state index is 0.0423. The molecule has 0 aliphatic heterocycles. The molecule has 2 heterocycles. The van der Waals surface area contributed by atoms with Gasteiger partial charge in [0.05, 0.1) is 15.4 Å². The molecule has 0 spiro atoms. The molecule has 2 N–H and O–H groups in total. The third-order valence-electron chi connectivity index (χ3n) is 5.01. The lowest BCUT2D eigenvalue weighted by Gasteiger charge is -2.11. The number of nitrogens with one attached hydrogen (secondary N) is 2. The first kappa shape index (κ1) is 22.7. The Morgan fingerprint density at radius 3 is 2.55 bits per heavy atom. The minimum atomic E-state index is -3.75. The largest absolute Gasteiger partial charge is 0.348 e. The van der Waals surface area contributed by atoms with Gasteiger partial charge in [-0.15, -0.1) is 0 Å². The summed E-state index contributed by atoms with van der Waals surface area (Å²) in [6.45, 7) is 0.101. The summed E-state index contributed by atoms with van der Waals surface area (Å²) in [5.41, 5.74) is 1.11. The van der Waals surface area contributed by atoms with Gasteiger partial charge in [-0.2, -0.15) is 0 Å². The number of hydrogen-bond donors (Lipinski definition) is 2. The van der Waals surface area contributed by atoms with Crippen LogP contribution in [0.15, 0.2) is 82.9 Å². The fourth-order valence-corrected chi connectivity index (χ4v) is 4.69. The molecule has 0 unspecified atom stereocenters. The van der Waals surface area contributed by atoms with Crippen LogP contribution in [0.1, 0.15) is 15.9 Å². The molecule has 0 saturated heterocycles. The number of fused-ring (bicyclic) bond motifs is 1. The summed E-state index contributed by atoms with van der Waals surface area (Å²) in [5.74, 6) is -0.609. The molecule has 4 rings (SSSR count). The molecule has 0 radical (unpaired) electrons. The summed E-state index contributed by atoms with van der Waals surface area (Å²) in [6, 6.07) is 14.1. The van der Waals surface area contributed by atoms with Crippen molar-refractivity contribution in [3.05, 3.63) is 99.6 Å². The number of carbonyl (C=O) groups is 1. The topological polar surface area (TPSA) is 110 Å². The number of carbonyl (C=O) groups excluding carboxylic acids is 1. The van der Waals surface area contributed by atoms with Crippen LogP contribution in [0.5, 0.6) is 0 Å². The summed E-state index contributed by atoms with van der Waals surface area (Å²) in [6.07, 6.45) is 4.60. The van der Waals surface area contributed by atoms with E-state index in [1.807, 2.05) is 0 Å². The van der Waals surface area contributed by atoms with E-state index < -0.39 is 21.4 Å². The van der Waals surface area contributed by atoms with Crippen molar-refractivity contribution in [2.45, 2.75) is 11.4 Å². The van der Waals surface area contributed by atoms with Crippen molar-refractivity contribution >= 4 is 44.1 Å². The van der Waals surface area contributed by atoms with Crippen molar-refractivity contribution in [1.29, 1.82) is 0 Å². The number of halogens is 1. The second-order valence-electron chi connectivity index (χ2n) is 7.28. The van der Waals surface area contributed by atoms with Gasteiger partial charge in [-0.05, 0) is 48.0 Å². The molecule has 1 amide bonds. The van der Waals surface area contributed by atoms with Crippen molar-refractivity contribution in [2.24, 2.45) is 7.05 Å². The highest BCUT2D eigenvalue weighted by atomic mass is 35.5. The number of para-hydroxylation sites is 1. The molecule has 0 aliphatic carbocycles. The van der Waals surface area contributed by atoms with E-state index in [-0.39, 0.29) is 17.0 Å². The van der Waals surface area contributed by atoms with E-state index in [1.165, 1.54) is 30.5 Å². The molecule has 10 heteroatoms. The summed E-state index contributed by atoms with van der Waals surface area (Å²) >= 11 is 6.19. The minimum Gasteiger partial charge on any atom is -0.348 e. The normalized spacial score (nSPS) is 11.5. The van der Waals surface area contributed by atoms with E-state index in [9.17, 15) is 18.0 Å². The van der Waals surface area contributed by atoms with E-state index in [1.54, 1.807) is 54.3 Å². The molecule has 168 valence electrons. The van der Waals surface area contributed by atoms with Crippen LogP contribution in [0.25, 0.3) is 10.9 Å². The Morgan fingerprint density at radius 1 is 1.09 bits per heavy atom. The van der Waals surface area contributed by atoms with Crippen molar-refractivity contribution < 1.29 is 13.2 Å². The number of pyridine rings is 2. The molecule has 8 nitrogen and oxygen atoms in total. The molecule has 0 fully saturated rings. The van der Waals surface area contributed by atoms with Crippen molar-refractivity contribution in [2.75, 3.05) is 5.32 Å². The van der Waals surface area contributed by atoms with Gasteiger partial charge in [-0.1, -0.05) is 23.7 Å². The Bertz CT molecular complexity index is 1500. The quantitative estimate of drug-likeness (QED) is 0.438. The summed E-state index contributed by atoms with van der Waals surface area (Å²) in [5, 5.41) is 3.38. The van der Waals surface area contributed by atoms with E-state index in [0.717, 1.165) is 5.56 Å². The highest BCUT2D eigenvalue weighted by molar-refractivity contribution is 7.89. The maximum Gasteiger partial charge on any atom is 0.261 e. The van der Waals surface area contributed by atoms with Gasteiger partial charge in [0.25, 0.3) is 5.91 Å². The average molecular weight is 483 g/mol. The average Bonchev–Trinajstić information content (AvgIpc) is 2.81. The zero-order chi connectivity index (χ0) is 23.6. The highest BCUT2D eigenvalue weighted by Crippen LogP contribution is 2.21. The van der Waals surface area contributed by atoms with Gasteiger partial charge in [0.1, 0.15) is 5.56 Å². The number of aromatic nitrogens is 2. The Labute approximate surface area is 194 Å². The first-order valence-electron chi connectivity index (χ1n) is 9.84. The van der Waals surface area contributed by atoms with E-state index in [4.69, 9.17) is 11.6 Å². The van der Waals surface area contributed by atoms with Gasteiger partial charge in [-0.25, -0.2) is 13.1 Å². The fraction of sp³-hybridized carbons (Fsp3) is 0.0870. The SMILES string of the molecule is Cn1cc(C(=O)Nc2ccc(S(=O)(=O)NCc3cccnc3)cc2)c(=O)c2cccc(Cl)c21. The molecule has 0 saturated carbocycles. The molecule has 33 heavy (non-hydrogen) atoms. The van der Waals surface area contributed by atoms with Crippen LogP contribution >= 0.6 is 11.6 Å². The first-order valence-corrected chi connectivity index (χ1v) is 11.7. The zero-order valence-electron chi connectivity index (χ0n) is 17.4. The fourth-order valence-electron chi connectivity index (χ4n) is 3.36. The Kier molecular flexibility index (Phi) is 6.28. The predicted molar refractivity (Wildman–Crippen MR) is 127 cm³/mol. The Balaban J connectivity index is 1.52. The van der Waals surface area contributed by atoms with E-state index in [0.29, 0.717) is 21.6 Å².